The van der Waals surface area contributed by atoms with Crippen LogP contribution in [0.15, 0.2) is 41.3 Å². The molecule has 0 unspecified atom stereocenters. The Morgan fingerprint density at radius 3 is 2.61 bits per heavy atom. The first-order valence-electron chi connectivity index (χ1n) is 5.10. The summed E-state index contributed by atoms with van der Waals surface area (Å²) in [5, 5.41) is 13.6. The van der Waals surface area contributed by atoms with E-state index in [-0.39, 0.29) is 5.69 Å². The zero-order chi connectivity index (χ0) is 13.0. The summed E-state index contributed by atoms with van der Waals surface area (Å²) >= 11 is 3.25. The molecule has 92 valence electrons. The zero-order valence-electron chi connectivity index (χ0n) is 9.21. The summed E-state index contributed by atoms with van der Waals surface area (Å²) in [7, 11) is 0. The first-order chi connectivity index (χ1) is 8.65. The number of nitrogens with zero attached hydrogens (tertiary/aromatic N) is 3. The summed E-state index contributed by atoms with van der Waals surface area (Å²) in [6.07, 6.45) is 1.45. The van der Waals surface area contributed by atoms with E-state index in [0.717, 1.165) is 5.56 Å². The maximum absolute atomic E-state index is 10.5. The van der Waals surface area contributed by atoms with E-state index in [4.69, 9.17) is 0 Å². The summed E-state index contributed by atoms with van der Waals surface area (Å²) in [5.41, 5.74) is 1.03. The fourth-order valence-corrected chi connectivity index (χ4v) is 1.67. The van der Waals surface area contributed by atoms with Crippen molar-refractivity contribution in [1.29, 1.82) is 0 Å². The zero-order valence-corrected chi connectivity index (χ0v) is 10.8. The van der Waals surface area contributed by atoms with E-state index >= 15 is 0 Å². The van der Waals surface area contributed by atoms with Crippen LogP contribution in [0.5, 0.6) is 0 Å². The Bertz CT molecular complexity index is 559. The molecule has 0 aliphatic carbocycles. The Morgan fingerprint density at radius 2 is 2.00 bits per heavy atom. The van der Waals surface area contributed by atoms with Crippen LogP contribution in [0.4, 0.5) is 11.5 Å². The van der Waals surface area contributed by atoms with Gasteiger partial charge in [0.1, 0.15) is 16.7 Å². The fraction of sp³-hybridized carbons (Fsp3) is 0.0909. The molecule has 6 nitrogen and oxygen atoms in total. The molecule has 2 aromatic rings. The van der Waals surface area contributed by atoms with E-state index in [9.17, 15) is 10.1 Å². The number of nitro groups is 1. The molecular weight excluding hydrogens is 300 g/mol. The number of hydrogen-bond acceptors (Lipinski definition) is 5. The molecule has 1 N–H and O–H groups in total. The second-order valence-corrected chi connectivity index (χ2v) is 4.32. The molecule has 0 spiro atoms. The van der Waals surface area contributed by atoms with Gasteiger partial charge in [-0.15, -0.1) is 0 Å². The maximum Gasteiger partial charge on any atom is 0.269 e. The number of benzene rings is 1. The Labute approximate surface area is 111 Å². The Hall–Kier alpha value is -2.02. The quantitative estimate of drug-likeness (QED) is 0.533. The van der Waals surface area contributed by atoms with Crippen LogP contribution in [-0.4, -0.2) is 14.9 Å². The number of nitro benzene ring substituents is 1. The lowest BCUT2D eigenvalue weighted by atomic mass is 10.2. The van der Waals surface area contributed by atoms with Crippen LogP contribution in [0.25, 0.3) is 0 Å². The highest BCUT2D eigenvalue weighted by Crippen LogP contribution is 2.14. The SMILES string of the molecule is O=[N+]([O-])c1ccc(CNc2cc(Br)ncn2)cc1. The minimum absolute atomic E-state index is 0.0866. The van der Waals surface area contributed by atoms with Gasteiger partial charge >= 0.3 is 0 Å². The van der Waals surface area contributed by atoms with Gasteiger partial charge in [0, 0.05) is 24.7 Å². The highest BCUT2D eigenvalue weighted by molar-refractivity contribution is 9.10. The first-order valence-corrected chi connectivity index (χ1v) is 5.89. The molecular formula is C11H9BrN4O2. The van der Waals surface area contributed by atoms with Gasteiger partial charge in [-0.05, 0) is 21.5 Å². The van der Waals surface area contributed by atoms with Crippen LogP contribution in [0.2, 0.25) is 0 Å². The molecule has 0 amide bonds. The van der Waals surface area contributed by atoms with E-state index < -0.39 is 4.92 Å². The van der Waals surface area contributed by atoms with Gasteiger partial charge in [-0.2, -0.15) is 0 Å². The number of aromatic nitrogens is 2. The molecule has 18 heavy (non-hydrogen) atoms. The summed E-state index contributed by atoms with van der Waals surface area (Å²) in [4.78, 5) is 18.0. The number of halogens is 1. The number of hydrogen-bond donors (Lipinski definition) is 1. The highest BCUT2D eigenvalue weighted by atomic mass is 79.9. The molecule has 1 aromatic heterocycles. The van der Waals surface area contributed by atoms with Crippen molar-refractivity contribution >= 4 is 27.4 Å². The van der Waals surface area contributed by atoms with E-state index in [1.165, 1.54) is 18.5 Å². The van der Waals surface area contributed by atoms with Crippen molar-refractivity contribution in [2.45, 2.75) is 6.54 Å². The summed E-state index contributed by atoms with van der Waals surface area (Å²) in [6, 6.07) is 8.13. The molecule has 0 aliphatic rings. The minimum Gasteiger partial charge on any atom is -0.366 e. The molecule has 1 aromatic carbocycles. The van der Waals surface area contributed by atoms with Crippen LogP contribution in [0, 0.1) is 10.1 Å². The van der Waals surface area contributed by atoms with Crippen molar-refractivity contribution in [3.8, 4) is 0 Å². The third-order valence-corrected chi connectivity index (χ3v) is 2.69. The van der Waals surface area contributed by atoms with Gasteiger partial charge in [-0.25, -0.2) is 9.97 Å². The average Bonchev–Trinajstić information content (AvgIpc) is 2.37. The van der Waals surface area contributed by atoms with Crippen molar-refractivity contribution in [2.24, 2.45) is 0 Å². The summed E-state index contributed by atoms with van der Waals surface area (Å²) in [6.45, 7) is 0.543. The number of anilines is 1. The topological polar surface area (TPSA) is 81.0 Å². The molecule has 1 heterocycles. The first kappa shape index (κ1) is 12.4. The maximum atomic E-state index is 10.5. The molecule has 0 bridgehead atoms. The summed E-state index contributed by atoms with van der Waals surface area (Å²) in [5.74, 6) is 0.690. The van der Waals surface area contributed by atoms with Gasteiger partial charge in [0.25, 0.3) is 5.69 Å². The monoisotopic (exact) mass is 308 g/mol. The van der Waals surface area contributed by atoms with Gasteiger partial charge in [0.05, 0.1) is 4.92 Å². The van der Waals surface area contributed by atoms with Crippen LogP contribution < -0.4 is 5.32 Å². The van der Waals surface area contributed by atoms with Crippen LogP contribution >= 0.6 is 15.9 Å². The fourth-order valence-electron chi connectivity index (χ4n) is 1.36. The van der Waals surface area contributed by atoms with E-state index in [0.29, 0.717) is 17.0 Å². The molecule has 0 aliphatic heterocycles. The number of nitrogens with one attached hydrogen (secondary N) is 1. The smallest absolute Gasteiger partial charge is 0.269 e. The molecule has 0 saturated heterocycles. The van der Waals surface area contributed by atoms with Crippen LogP contribution in [0.1, 0.15) is 5.56 Å². The van der Waals surface area contributed by atoms with Crippen LogP contribution in [0.3, 0.4) is 0 Å². The third-order valence-electron chi connectivity index (χ3n) is 2.25. The van der Waals surface area contributed by atoms with Gasteiger partial charge in [0.15, 0.2) is 0 Å². The predicted molar refractivity (Wildman–Crippen MR) is 70.2 cm³/mol. The van der Waals surface area contributed by atoms with Gasteiger partial charge < -0.3 is 5.32 Å². The number of non-ortho nitro benzene ring substituents is 1. The highest BCUT2D eigenvalue weighted by Gasteiger charge is 2.03. The van der Waals surface area contributed by atoms with Crippen molar-refractivity contribution in [3.05, 3.63) is 56.9 Å². The Morgan fingerprint density at radius 1 is 1.28 bits per heavy atom. The molecule has 2 rings (SSSR count). The van der Waals surface area contributed by atoms with E-state index in [2.05, 4.69) is 31.2 Å². The van der Waals surface area contributed by atoms with E-state index in [1.807, 2.05) is 0 Å². The Kier molecular flexibility index (Phi) is 3.83. The predicted octanol–water partition coefficient (Wildman–Crippen LogP) is 2.76. The lowest BCUT2D eigenvalue weighted by Gasteiger charge is -2.05. The normalized spacial score (nSPS) is 10.1. The van der Waals surface area contributed by atoms with Gasteiger partial charge in [0.2, 0.25) is 0 Å². The lowest BCUT2D eigenvalue weighted by molar-refractivity contribution is -0.384. The van der Waals surface area contributed by atoms with Gasteiger partial charge in [-0.1, -0.05) is 12.1 Å². The second-order valence-electron chi connectivity index (χ2n) is 3.50. The largest absolute Gasteiger partial charge is 0.366 e. The second kappa shape index (κ2) is 5.54. The standard InChI is InChI=1S/C11H9BrN4O2/c12-10-5-11(15-7-14-10)13-6-8-1-3-9(4-2-8)16(17)18/h1-5,7H,6H2,(H,13,14,15). The lowest BCUT2D eigenvalue weighted by Crippen LogP contribution is -2.01. The van der Waals surface area contributed by atoms with Gasteiger partial charge in [-0.3, -0.25) is 10.1 Å². The molecule has 0 atom stereocenters. The van der Waals surface area contributed by atoms with Crippen LogP contribution in [-0.2, 0) is 6.54 Å². The van der Waals surface area contributed by atoms with Crippen molar-refractivity contribution in [3.63, 3.8) is 0 Å². The molecule has 0 saturated carbocycles. The Balaban J connectivity index is 2.00. The van der Waals surface area contributed by atoms with Crippen molar-refractivity contribution in [1.82, 2.24) is 9.97 Å². The molecule has 7 heteroatoms. The average molecular weight is 309 g/mol. The van der Waals surface area contributed by atoms with E-state index in [1.54, 1.807) is 18.2 Å². The van der Waals surface area contributed by atoms with Crippen molar-refractivity contribution < 1.29 is 4.92 Å². The molecule has 0 radical (unpaired) electrons. The third kappa shape index (κ3) is 3.24. The minimum atomic E-state index is -0.418. The summed E-state index contributed by atoms with van der Waals surface area (Å²) < 4.78 is 0.698. The van der Waals surface area contributed by atoms with Crippen molar-refractivity contribution in [2.75, 3.05) is 5.32 Å². The number of rotatable bonds is 4. The molecule has 0 fully saturated rings.